The van der Waals surface area contributed by atoms with E-state index in [1.165, 1.54) is 4.90 Å². The Morgan fingerprint density at radius 1 is 1.12 bits per heavy atom. The van der Waals surface area contributed by atoms with Crippen molar-refractivity contribution in [3.63, 3.8) is 0 Å². The van der Waals surface area contributed by atoms with E-state index in [1.54, 1.807) is 22.6 Å². The van der Waals surface area contributed by atoms with Gasteiger partial charge in [-0.15, -0.1) is 5.10 Å². The van der Waals surface area contributed by atoms with Crippen LogP contribution in [0.2, 0.25) is 0 Å². The normalized spacial score (nSPS) is 33.8. The molecular weight excluding hydrogens is 526 g/mol. The van der Waals surface area contributed by atoms with Crippen molar-refractivity contribution in [1.29, 1.82) is 0 Å². The van der Waals surface area contributed by atoms with Gasteiger partial charge in [0.1, 0.15) is 29.7 Å². The van der Waals surface area contributed by atoms with E-state index < -0.39 is 41.1 Å². The first-order valence-corrected chi connectivity index (χ1v) is 14.5. The molecule has 0 bridgehead atoms. The van der Waals surface area contributed by atoms with E-state index in [9.17, 15) is 19.5 Å². The van der Waals surface area contributed by atoms with E-state index in [0.29, 0.717) is 24.8 Å². The molecule has 7 atom stereocenters. The molecule has 2 aromatic rings. The molecule has 0 aliphatic carbocycles. The van der Waals surface area contributed by atoms with E-state index in [-0.39, 0.29) is 44.2 Å². The van der Waals surface area contributed by atoms with Gasteiger partial charge in [0.2, 0.25) is 5.91 Å². The first kappa shape index (κ1) is 27.6. The number of benzene rings is 1. The summed E-state index contributed by atoms with van der Waals surface area (Å²) < 4.78 is 14.1. The van der Waals surface area contributed by atoms with Crippen molar-refractivity contribution >= 4 is 28.8 Å². The lowest BCUT2D eigenvalue weighted by Crippen LogP contribution is -2.59. The highest BCUT2D eigenvalue weighted by molar-refractivity contribution is 5.99. The minimum Gasteiger partial charge on any atom is -0.465 e. The number of aromatic nitrogens is 3. The highest BCUT2D eigenvalue weighted by Gasteiger charge is 2.75. The molecule has 41 heavy (non-hydrogen) atoms. The average molecular weight is 564 g/mol. The van der Waals surface area contributed by atoms with Gasteiger partial charge in [0.25, 0.3) is 5.91 Å². The Balaban J connectivity index is 1.47. The number of hydrogen-bond donors (Lipinski definition) is 1. The third-order valence-corrected chi connectivity index (χ3v) is 9.34. The lowest BCUT2D eigenvalue weighted by atomic mass is 9.74. The van der Waals surface area contributed by atoms with Crippen LogP contribution in [0.1, 0.15) is 40.0 Å². The zero-order valence-electron chi connectivity index (χ0n) is 23.7. The molecule has 1 aromatic heterocycles. The number of hydrogen-bond acceptors (Lipinski definition) is 8. The maximum absolute atomic E-state index is 14.6. The summed E-state index contributed by atoms with van der Waals surface area (Å²) in [4.78, 5) is 45.9. The molecule has 2 fully saturated rings. The summed E-state index contributed by atoms with van der Waals surface area (Å²) in [5, 5.41) is 19.0. The number of nitrogens with zero attached hydrogens (tertiary/aromatic N) is 5. The number of aliphatic hydroxyl groups excluding tert-OH is 1. The summed E-state index contributed by atoms with van der Waals surface area (Å²) in [6.07, 6.45) is 9.51. The van der Waals surface area contributed by atoms with Crippen molar-refractivity contribution in [2.24, 2.45) is 17.8 Å². The van der Waals surface area contributed by atoms with Gasteiger partial charge in [-0.1, -0.05) is 61.9 Å². The maximum atomic E-state index is 14.6. The van der Waals surface area contributed by atoms with Gasteiger partial charge in [-0.05, 0) is 37.8 Å². The molecule has 11 nitrogen and oxygen atoms in total. The van der Waals surface area contributed by atoms with E-state index >= 15 is 0 Å². The minimum absolute atomic E-state index is 0.105. The zero-order valence-corrected chi connectivity index (χ0v) is 23.7. The molecule has 1 unspecified atom stereocenters. The second kappa shape index (κ2) is 10.4. The Bertz CT molecular complexity index is 1420. The van der Waals surface area contributed by atoms with E-state index in [1.807, 2.05) is 56.3 Å². The molecule has 11 heteroatoms. The number of carbonyl (C=O) groups excluding carboxylic acids is 3. The molecule has 0 radical (unpaired) electrons. The summed E-state index contributed by atoms with van der Waals surface area (Å²) in [6.45, 7) is 6.01. The summed E-state index contributed by atoms with van der Waals surface area (Å²) >= 11 is 0. The second-order valence-corrected chi connectivity index (χ2v) is 11.8. The van der Waals surface area contributed by atoms with Crippen molar-refractivity contribution in [3.8, 4) is 0 Å². The molecule has 5 heterocycles. The molecule has 4 aliphatic heterocycles. The first-order valence-electron chi connectivity index (χ1n) is 14.5. The summed E-state index contributed by atoms with van der Waals surface area (Å²) in [5.41, 5.74) is -1.09. The molecule has 0 saturated carbocycles. The number of fused-ring (bicyclic) bond motifs is 3. The Morgan fingerprint density at radius 3 is 2.71 bits per heavy atom. The SMILES string of the molecule is CC[C@H](C)[C@H](CO)N1C(=O)[C@@H]2[C@H]3C(=O)OCCC/C=C\[C@@]3(C)O[C@@]23C=CCN(Cn2nnc4ccccc42)C(=O)C13. The Morgan fingerprint density at radius 2 is 1.93 bits per heavy atom. The molecule has 2 saturated heterocycles. The highest BCUT2D eigenvalue weighted by Crippen LogP contribution is 2.57. The molecular formula is C30H37N5O6. The zero-order chi connectivity index (χ0) is 28.9. The maximum Gasteiger partial charge on any atom is 0.313 e. The third-order valence-electron chi connectivity index (χ3n) is 9.34. The number of rotatable bonds is 6. The minimum atomic E-state index is -1.42. The quantitative estimate of drug-likeness (QED) is 0.418. The van der Waals surface area contributed by atoms with Crippen LogP contribution in [0.3, 0.4) is 0 Å². The van der Waals surface area contributed by atoms with Crippen LogP contribution in [0.4, 0.5) is 0 Å². The van der Waals surface area contributed by atoms with Gasteiger partial charge in [-0.3, -0.25) is 14.4 Å². The lowest BCUT2D eigenvalue weighted by molar-refractivity contribution is -0.162. The van der Waals surface area contributed by atoms with Crippen molar-refractivity contribution in [3.05, 3.63) is 48.6 Å². The largest absolute Gasteiger partial charge is 0.465 e. The summed E-state index contributed by atoms with van der Waals surface area (Å²) in [7, 11) is 0. The number of allylic oxidation sites excluding steroid dienone is 1. The fourth-order valence-corrected chi connectivity index (χ4v) is 7.10. The first-order chi connectivity index (χ1) is 19.8. The number of para-hydroxylation sites is 1. The van der Waals surface area contributed by atoms with Gasteiger partial charge in [0.05, 0.1) is 36.3 Å². The molecule has 218 valence electrons. The van der Waals surface area contributed by atoms with Gasteiger partial charge in [-0.25, -0.2) is 4.68 Å². The van der Waals surface area contributed by atoms with Gasteiger partial charge in [-0.2, -0.15) is 0 Å². The predicted octanol–water partition coefficient (Wildman–Crippen LogP) is 2.06. The topological polar surface area (TPSA) is 127 Å². The molecule has 6 rings (SSSR count). The van der Waals surface area contributed by atoms with E-state index in [2.05, 4.69) is 10.3 Å². The van der Waals surface area contributed by atoms with Crippen LogP contribution in [0.25, 0.3) is 11.0 Å². The predicted molar refractivity (Wildman–Crippen MR) is 148 cm³/mol. The Kier molecular flexibility index (Phi) is 6.97. The number of cyclic esters (lactones) is 1. The number of amides is 2. The van der Waals surface area contributed by atoms with Gasteiger partial charge >= 0.3 is 5.97 Å². The average Bonchev–Trinajstić information content (AvgIpc) is 3.53. The monoisotopic (exact) mass is 563 g/mol. The van der Waals surface area contributed by atoms with Crippen molar-refractivity contribution < 1.29 is 29.0 Å². The molecule has 1 spiro atoms. The molecule has 2 amide bonds. The molecule has 1 aromatic carbocycles. The third kappa shape index (κ3) is 4.20. The van der Waals surface area contributed by atoms with E-state index in [4.69, 9.17) is 9.47 Å². The standard InChI is InChI=1S/C30H37N5O6/c1-4-19(2)22(17-36)35-25-27(38)33(18-34-21-12-7-6-11-20(21)31-32-34)15-10-14-30(25)23(26(35)37)24-28(39)40-16-9-5-8-13-29(24,3)41-30/h6-8,10-14,19,22-25,36H,4-5,9,15-18H2,1-3H3/b13-8-/t19-,22-,23-,24-,25?,29+,30-/m0/s1. The summed E-state index contributed by atoms with van der Waals surface area (Å²) in [5.74, 6) is -3.26. The second-order valence-electron chi connectivity index (χ2n) is 11.8. The number of likely N-dealkylation sites (tertiary alicyclic amines) is 1. The van der Waals surface area contributed by atoms with Crippen molar-refractivity contribution in [2.45, 2.75) is 70.0 Å². The smallest absolute Gasteiger partial charge is 0.313 e. The van der Waals surface area contributed by atoms with Crippen molar-refractivity contribution in [2.75, 3.05) is 19.8 Å². The number of carbonyl (C=O) groups is 3. The fourth-order valence-electron chi connectivity index (χ4n) is 7.10. The number of esters is 1. The van der Waals surface area contributed by atoms with Gasteiger partial charge in [0.15, 0.2) is 0 Å². The van der Waals surface area contributed by atoms with Crippen LogP contribution in [0, 0.1) is 17.8 Å². The number of ether oxygens (including phenoxy) is 2. The highest BCUT2D eigenvalue weighted by atomic mass is 16.6. The van der Waals surface area contributed by atoms with Crippen LogP contribution in [0.15, 0.2) is 48.6 Å². The van der Waals surface area contributed by atoms with Crippen LogP contribution in [0.5, 0.6) is 0 Å². The fraction of sp³-hybridized carbons (Fsp3) is 0.567. The van der Waals surface area contributed by atoms with Gasteiger partial charge in [0, 0.05) is 6.54 Å². The van der Waals surface area contributed by atoms with Crippen LogP contribution < -0.4 is 0 Å². The molecule has 4 aliphatic rings. The summed E-state index contributed by atoms with van der Waals surface area (Å²) in [6, 6.07) is 5.78. The van der Waals surface area contributed by atoms with Crippen molar-refractivity contribution in [1.82, 2.24) is 24.8 Å². The Hall–Kier alpha value is -3.57. The Labute approximate surface area is 238 Å². The van der Waals surface area contributed by atoms with Crippen LogP contribution in [-0.2, 0) is 30.5 Å². The number of aliphatic hydroxyl groups is 1. The lowest BCUT2D eigenvalue weighted by Gasteiger charge is -2.41. The van der Waals surface area contributed by atoms with Crippen LogP contribution in [-0.4, -0.2) is 90.7 Å². The van der Waals surface area contributed by atoms with E-state index in [0.717, 1.165) is 5.52 Å². The molecule has 1 N–H and O–H groups in total. The van der Waals surface area contributed by atoms with Crippen LogP contribution >= 0.6 is 0 Å². The van der Waals surface area contributed by atoms with Gasteiger partial charge < -0.3 is 24.4 Å².